The SMILES string of the molecule is Cc1oc(C2(C)CCc3c(C)c(OCc4ccccc4)c(C)c(C)c3O2)nc1C(O)COc1ccc(CC2SC(=O)NC2=O)cc1. The lowest BCUT2D eigenvalue weighted by atomic mass is 9.87. The van der Waals surface area contributed by atoms with Crippen LogP contribution in [-0.4, -0.2) is 33.1 Å². The molecule has 6 rings (SSSR count). The molecule has 3 atom stereocenters. The zero-order chi connectivity index (χ0) is 32.6. The smallest absolute Gasteiger partial charge is 0.286 e. The van der Waals surface area contributed by atoms with Gasteiger partial charge in [0.2, 0.25) is 11.8 Å². The highest BCUT2D eigenvalue weighted by atomic mass is 32.2. The third kappa shape index (κ3) is 6.37. The lowest BCUT2D eigenvalue weighted by molar-refractivity contribution is -0.118. The predicted molar refractivity (Wildman–Crippen MR) is 174 cm³/mol. The first-order valence-electron chi connectivity index (χ1n) is 15.4. The van der Waals surface area contributed by atoms with Gasteiger partial charge >= 0.3 is 0 Å². The van der Waals surface area contributed by atoms with Crippen molar-refractivity contribution >= 4 is 22.9 Å². The number of carbonyl (C=O) groups is 2. The summed E-state index contributed by atoms with van der Waals surface area (Å²) in [5.74, 6) is 2.95. The second-order valence-electron chi connectivity index (χ2n) is 12.1. The molecule has 3 aromatic carbocycles. The summed E-state index contributed by atoms with van der Waals surface area (Å²) in [5, 5.41) is 12.6. The van der Waals surface area contributed by atoms with Crippen LogP contribution in [0.2, 0.25) is 0 Å². The van der Waals surface area contributed by atoms with Gasteiger partial charge in [0.05, 0.1) is 5.25 Å². The van der Waals surface area contributed by atoms with Gasteiger partial charge in [0.1, 0.15) is 48.0 Å². The lowest BCUT2D eigenvalue weighted by Crippen LogP contribution is -2.35. The summed E-state index contributed by atoms with van der Waals surface area (Å²) in [6, 6.07) is 17.4. The number of aryl methyl sites for hydroxylation is 1. The molecule has 0 bridgehead atoms. The van der Waals surface area contributed by atoms with Gasteiger partial charge in [0.25, 0.3) is 5.24 Å². The number of aliphatic hydroxyl groups is 1. The number of rotatable bonds is 10. The van der Waals surface area contributed by atoms with Gasteiger partial charge in [-0.25, -0.2) is 4.98 Å². The number of ether oxygens (including phenoxy) is 3. The number of hydrogen-bond acceptors (Lipinski definition) is 9. The number of aliphatic hydroxyl groups excluding tert-OH is 1. The van der Waals surface area contributed by atoms with Crippen LogP contribution in [0.1, 0.15) is 70.2 Å². The van der Waals surface area contributed by atoms with E-state index < -0.39 is 17.0 Å². The van der Waals surface area contributed by atoms with Crippen LogP contribution in [0.15, 0.2) is 59.0 Å². The number of carbonyl (C=O) groups excluding carboxylic acids is 2. The van der Waals surface area contributed by atoms with Crippen molar-refractivity contribution in [2.24, 2.45) is 0 Å². The molecule has 9 nitrogen and oxygen atoms in total. The van der Waals surface area contributed by atoms with Crippen molar-refractivity contribution < 1.29 is 33.3 Å². The van der Waals surface area contributed by atoms with Crippen molar-refractivity contribution in [1.82, 2.24) is 10.3 Å². The minimum absolute atomic E-state index is 0.0226. The Labute approximate surface area is 272 Å². The number of nitrogens with zero attached hydrogens (tertiary/aromatic N) is 1. The summed E-state index contributed by atoms with van der Waals surface area (Å²) in [6.07, 6.45) is 0.838. The molecule has 4 aromatic rings. The molecule has 1 fully saturated rings. The largest absolute Gasteiger partial charge is 0.490 e. The molecule has 2 N–H and O–H groups in total. The zero-order valence-corrected chi connectivity index (χ0v) is 27.5. The first-order valence-corrected chi connectivity index (χ1v) is 16.3. The normalized spacial score (nSPS) is 19.7. The van der Waals surface area contributed by atoms with Crippen molar-refractivity contribution in [2.75, 3.05) is 6.61 Å². The number of hydrogen-bond donors (Lipinski definition) is 2. The molecule has 0 saturated carbocycles. The Kier molecular flexibility index (Phi) is 8.85. The van der Waals surface area contributed by atoms with E-state index in [0.717, 1.165) is 63.1 Å². The number of aromatic nitrogens is 1. The van der Waals surface area contributed by atoms with E-state index in [9.17, 15) is 14.7 Å². The standard InChI is InChI=1S/C36H38N2O7S/c1-20-21(2)32-27(22(3)31(20)43-18-25-9-7-6-8-10-25)15-16-36(5,45-32)34-37-30(23(4)44-34)28(39)19-42-26-13-11-24(12-14-26)17-29-33(40)38-35(41)46-29/h6-14,28-29,39H,15-19H2,1-5H3,(H,38,40,41). The van der Waals surface area contributed by atoms with Gasteiger partial charge in [-0.15, -0.1) is 0 Å². The molecule has 1 saturated heterocycles. The minimum Gasteiger partial charge on any atom is -0.490 e. The van der Waals surface area contributed by atoms with Crippen molar-refractivity contribution in [3.05, 3.63) is 105 Å². The fraction of sp³-hybridized carbons (Fsp3) is 0.361. The molecule has 0 radical (unpaired) electrons. The Hall–Kier alpha value is -4.28. The molecule has 3 unspecified atom stereocenters. The Bertz CT molecular complexity index is 1770. The first kappa shape index (κ1) is 31.7. The fourth-order valence-electron chi connectivity index (χ4n) is 5.99. The molecule has 2 amide bonds. The molecule has 240 valence electrons. The maximum Gasteiger partial charge on any atom is 0.286 e. The summed E-state index contributed by atoms with van der Waals surface area (Å²) in [5.41, 5.74) is 5.89. The minimum atomic E-state index is -1.02. The number of imide groups is 1. The molecule has 1 aromatic heterocycles. The van der Waals surface area contributed by atoms with Crippen molar-refractivity contribution in [1.29, 1.82) is 0 Å². The van der Waals surface area contributed by atoms with Gasteiger partial charge in [-0.3, -0.25) is 14.9 Å². The maximum atomic E-state index is 11.9. The molecule has 3 heterocycles. The highest BCUT2D eigenvalue weighted by molar-refractivity contribution is 8.15. The number of thioether (sulfide) groups is 1. The van der Waals surface area contributed by atoms with Crippen LogP contribution in [0, 0.1) is 27.7 Å². The molecule has 46 heavy (non-hydrogen) atoms. The number of oxazole rings is 1. The monoisotopic (exact) mass is 642 g/mol. The van der Waals surface area contributed by atoms with Gasteiger partial charge in [-0.1, -0.05) is 54.2 Å². The van der Waals surface area contributed by atoms with E-state index in [4.69, 9.17) is 23.6 Å². The van der Waals surface area contributed by atoms with Gasteiger partial charge in [0.15, 0.2) is 5.60 Å². The maximum absolute atomic E-state index is 11.9. The quantitative estimate of drug-likeness (QED) is 0.194. The van der Waals surface area contributed by atoms with Gasteiger partial charge in [-0.05, 0) is 87.4 Å². The summed E-state index contributed by atoms with van der Waals surface area (Å²) >= 11 is 1.00. The fourth-order valence-corrected chi connectivity index (χ4v) is 6.85. The summed E-state index contributed by atoms with van der Waals surface area (Å²) in [7, 11) is 0. The van der Waals surface area contributed by atoms with Crippen LogP contribution in [-0.2, 0) is 29.8 Å². The van der Waals surface area contributed by atoms with Crippen LogP contribution in [0.5, 0.6) is 17.2 Å². The third-order valence-corrected chi connectivity index (χ3v) is 9.82. The van der Waals surface area contributed by atoms with E-state index in [1.807, 2.05) is 37.3 Å². The Morgan fingerprint density at radius 3 is 2.43 bits per heavy atom. The van der Waals surface area contributed by atoms with Gasteiger partial charge < -0.3 is 23.7 Å². The number of amides is 2. The number of nitrogens with one attached hydrogen (secondary N) is 1. The van der Waals surface area contributed by atoms with Crippen LogP contribution >= 0.6 is 11.8 Å². The molecule has 2 aliphatic rings. The number of benzene rings is 3. The third-order valence-electron chi connectivity index (χ3n) is 8.84. The van der Waals surface area contributed by atoms with Crippen LogP contribution in [0.3, 0.4) is 0 Å². The van der Waals surface area contributed by atoms with Crippen molar-refractivity contribution in [2.45, 2.75) is 77.4 Å². The predicted octanol–water partition coefficient (Wildman–Crippen LogP) is 6.73. The van der Waals surface area contributed by atoms with Crippen molar-refractivity contribution in [3.8, 4) is 17.2 Å². The topological polar surface area (TPSA) is 120 Å². The van der Waals surface area contributed by atoms with Gasteiger partial charge in [-0.2, -0.15) is 0 Å². The van der Waals surface area contributed by atoms with E-state index >= 15 is 0 Å². The van der Waals surface area contributed by atoms with Crippen LogP contribution in [0.4, 0.5) is 4.79 Å². The van der Waals surface area contributed by atoms with Crippen molar-refractivity contribution in [3.63, 3.8) is 0 Å². The Morgan fingerprint density at radius 2 is 1.74 bits per heavy atom. The molecule has 0 aliphatic carbocycles. The highest BCUT2D eigenvalue weighted by Gasteiger charge is 2.41. The molecule has 2 aliphatic heterocycles. The second-order valence-corrected chi connectivity index (χ2v) is 13.3. The van der Waals surface area contributed by atoms with Gasteiger partial charge in [0, 0.05) is 12.0 Å². The van der Waals surface area contributed by atoms with E-state index in [1.54, 1.807) is 19.1 Å². The molecule has 0 spiro atoms. The Morgan fingerprint density at radius 1 is 1.00 bits per heavy atom. The number of fused-ring (bicyclic) bond motifs is 1. The average molecular weight is 643 g/mol. The summed E-state index contributed by atoms with van der Waals surface area (Å²) in [6.45, 7) is 10.4. The highest BCUT2D eigenvalue weighted by Crippen LogP contribution is 2.47. The second kappa shape index (κ2) is 12.8. The van der Waals surface area contributed by atoms with E-state index in [-0.39, 0.29) is 17.8 Å². The molecular formula is C36H38N2O7S. The Balaban J connectivity index is 1.12. The summed E-state index contributed by atoms with van der Waals surface area (Å²) < 4.78 is 25.0. The van der Waals surface area contributed by atoms with E-state index in [1.165, 1.54) is 0 Å². The van der Waals surface area contributed by atoms with E-state index in [2.05, 4.69) is 38.2 Å². The van der Waals surface area contributed by atoms with E-state index in [0.29, 0.717) is 42.5 Å². The zero-order valence-electron chi connectivity index (χ0n) is 26.6. The summed E-state index contributed by atoms with van der Waals surface area (Å²) in [4.78, 5) is 28.0. The lowest BCUT2D eigenvalue weighted by Gasteiger charge is -2.36. The van der Waals surface area contributed by atoms with Crippen LogP contribution in [0.25, 0.3) is 0 Å². The molecule has 10 heteroatoms. The van der Waals surface area contributed by atoms with Crippen LogP contribution < -0.4 is 19.5 Å². The average Bonchev–Trinajstić information content (AvgIpc) is 3.60. The molecular weight excluding hydrogens is 604 g/mol. The first-order chi connectivity index (χ1) is 22.0.